The van der Waals surface area contributed by atoms with Gasteiger partial charge in [-0.05, 0) is 43.9 Å². The highest BCUT2D eigenvalue weighted by atomic mass is 14.7. The molecule has 0 spiro atoms. The minimum atomic E-state index is 0.392. The fourth-order valence-corrected chi connectivity index (χ4v) is 2.38. The van der Waals surface area contributed by atoms with Crippen molar-refractivity contribution in [2.45, 2.75) is 46.0 Å². The first-order chi connectivity index (χ1) is 6.09. The average molecular weight is 182 g/mol. The molecular formula is C11H22N2. The number of hydrogen-bond donors (Lipinski definition) is 2. The van der Waals surface area contributed by atoms with Gasteiger partial charge in [0.15, 0.2) is 0 Å². The summed E-state index contributed by atoms with van der Waals surface area (Å²) in [6, 6.07) is 0. The third-order valence-electron chi connectivity index (χ3n) is 3.09. The summed E-state index contributed by atoms with van der Waals surface area (Å²) < 4.78 is 0. The lowest BCUT2D eigenvalue weighted by Gasteiger charge is -2.28. The van der Waals surface area contributed by atoms with Gasteiger partial charge in [-0.25, -0.2) is 0 Å². The van der Waals surface area contributed by atoms with Gasteiger partial charge in [-0.15, -0.1) is 0 Å². The molecule has 0 aromatic carbocycles. The molecule has 0 unspecified atom stereocenters. The van der Waals surface area contributed by atoms with E-state index >= 15 is 0 Å². The predicted octanol–water partition coefficient (Wildman–Crippen LogP) is 2.77. The van der Waals surface area contributed by atoms with Gasteiger partial charge in [0.2, 0.25) is 0 Å². The summed E-state index contributed by atoms with van der Waals surface area (Å²) in [6.07, 6.45) is 6.20. The molecule has 0 heterocycles. The Balaban J connectivity index is 2.26. The maximum Gasteiger partial charge on any atom is 0.0936 e. The van der Waals surface area contributed by atoms with Crippen LogP contribution in [0.4, 0.5) is 0 Å². The Morgan fingerprint density at radius 3 is 2.23 bits per heavy atom. The molecule has 0 saturated heterocycles. The lowest BCUT2D eigenvalue weighted by atomic mass is 9.78. The molecule has 0 amide bonds. The third kappa shape index (κ3) is 3.37. The van der Waals surface area contributed by atoms with Crippen LogP contribution in [0.15, 0.2) is 0 Å². The number of nitrogens with one attached hydrogen (secondary N) is 1. The molecule has 1 fully saturated rings. The first kappa shape index (κ1) is 10.6. The fraction of sp³-hybridized carbons (Fsp3) is 0.909. The zero-order chi connectivity index (χ0) is 9.84. The molecule has 0 atom stereocenters. The molecule has 2 nitrogen and oxygen atoms in total. The number of hydrogen-bond acceptors (Lipinski definition) is 1. The predicted molar refractivity (Wildman–Crippen MR) is 56.8 cm³/mol. The first-order valence-electron chi connectivity index (χ1n) is 5.43. The molecule has 0 bridgehead atoms. The van der Waals surface area contributed by atoms with Crippen LogP contribution in [0.3, 0.4) is 0 Å². The number of rotatable bonds is 3. The van der Waals surface area contributed by atoms with Crippen molar-refractivity contribution in [1.82, 2.24) is 0 Å². The van der Waals surface area contributed by atoms with E-state index in [1.165, 1.54) is 19.3 Å². The maximum absolute atomic E-state index is 7.37. The Morgan fingerprint density at radius 1 is 1.31 bits per heavy atom. The van der Waals surface area contributed by atoms with Crippen molar-refractivity contribution in [3.05, 3.63) is 0 Å². The van der Waals surface area contributed by atoms with E-state index in [-0.39, 0.29) is 0 Å². The van der Waals surface area contributed by atoms with Crippen LogP contribution >= 0.6 is 0 Å². The molecule has 1 rings (SSSR count). The van der Waals surface area contributed by atoms with Crippen molar-refractivity contribution in [2.24, 2.45) is 23.5 Å². The zero-order valence-corrected chi connectivity index (χ0v) is 8.84. The Labute approximate surface area is 81.4 Å². The van der Waals surface area contributed by atoms with E-state index < -0.39 is 0 Å². The van der Waals surface area contributed by atoms with Crippen molar-refractivity contribution in [3.63, 3.8) is 0 Å². The van der Waals surface area contributed by atoms with E-state index in [2.05, 4.69) is 13.8 Å². The molecular weight excluding hydrogens is 160 g/mol. The third-order valence-corrected chi connectivity index (χ3v) is 3.09. The van der Waals surface area contributed by atoms with Crippen molar-refractivity contribution in [1.29, 1.82) is 5.41 Å². The minimum absolute atomic E-state index is 0.392. The fourth-order valence-electron chi connectivity index (χ4n) is 2.38. The van der Waals surface area contributed by atoms with Gasteiger partial charge in [-0.3, -0.25) is 5.41 Å². The first-order valence-corrected chi connectivity index (χ1v) is 5.43. The van der Waals surface area contributed by atoms with Crippen molar-refractivity contribution in [3.8, 4) is 0 Å². The molecule has 1 saturated carbocycles. The second kappa shape index (κ2) is 4.64. The van der Waals surface area contributed by atoms with Crippen LogP contribution in [0.25, 0.3) is 0 Å². The molecule has 76 valence electrons. The second-order valence-electron chi connectivity index (χ2n) is 4.80. The van der Waals surface area contributed by atoms with Crippen molar-refractivity contribution >= 4 is 5.84 Å². The summed E-state index contributed by atoms with van der Waals surface area (Å²) in [5, 5.41) is 7.37. The summed E-state index contributed by atoms with van der Waals surface area (Å²) in [7, 11) is 0. The largest absolute Gasteiger partial charge is 0.387 e. The summed E-state index contributed by atoms with van der Waals surface area (Å²) in [4.78, 5) is 0. The Kier molecular flexibility index (Phi) is 3.76. The SMILES string of the molecule is CC(C)CC1CCC(C(=N)N)CC1. The van der Waals surface area contributed by atoms with E-state index in [4.69, 9.17) is 11.1 Å². The van der Waals surface area contributed by atoms with Gasteiger partial charge in [0.1, 0.15) is 0 Å². The van der Waals surface area contributed by atoms with Crippen molar-refractivity contribution < 1.29 is 0 Å². The van der Waals surface area contributed by atoms with Gasteiger partial charge in [0.05, 0.1) is 5.84 Å². The lowest BCUT2D eigenvalue weighted by Crippen LogP contribution is -2.27. The molecule has 1 aliphatic rings. The monoisotopic (exact) mass is 182 g/mol. The normalized spacial score (nSPS) is 29.2. The lowest BCUT2D eigenvalue weighted by molar-refractivity contribution is 0.278. The van der Waals surface area contributed by atoms with E-state index in [1.54, 1.807) is 0 Å². The quantitative estimate of drug-likeness (QED) is 0.511. The van der Waals surface area contributed by atoms with E-state index in [1.807, 2.05) is 0 Å². The Hall–Kier alpha value is -0.530. The molecule has 0 aliphatic heterocycles. The molecule has 1 aliphatic carbocycles. The Morgan fingerprint density at radius 2 is 1.85 bits per heavy atom. The minimum Gasteiger partial charge on any atom is -0.387 e. The van der Waals surface area contributed by atoms with Gasteiger partial charge >= 0.3 is 0 Å². The summed E-state index contributed by atoms with van der Waals surface area (Å²) in [5.41, 5.74) is 5.50. The number of nitrogens with two attached hydrogens (primary N) is 1. The van der Waals surface area contributed by atoms with E-state index in [0.29, 0.717) is 11.8 Å². The highest BCUT2D eigenvalue weighted by Gasteiger charge is 2.23. The topological polar surface area (TPSA) is 49.9 Å². The maximum atomic E-state index is 7.37. The molecule has 0 aromatic heterocycles. The highest BCUT2D eigenvalue weighted by molar-refractivity contribution is 5.79. The summed E-state index contributed by atoms with van der Waals surface area (Å²) in [5.74, 6) is 2.51. The van der Waals surface area contributed by atoms with E-state index in [9.17, 15) is 0 Å². The van der Waals surface area contributed by atoms with Crippen LogP contribution in [0.2, 0.25) is 0 Å². The van der Waals surface area contributed by atoms with Crippen LogP contribution in [-0.4, -0.2) is 5.84 Å². The van der Waals surface area contributed by atoms with Gasteiger partial charge in [0.25, 0.3) is 0 Å². The van der Waals surface area contributed by atoms with Crippen LogP contribution in [-0.2, 0) is 0 Å². The van der Waals surface area contributed by atoms with Gasteiger partial charge in [-0.2, -0.15) is 0 Å². The second-order valence-corrected chi connectivity index (χ2v) is 4.80. The van der Waals surface area contributed by atoms with Crippen LogP contribution in [0, 0.1) is 23.2 Å². The molecule has 13 heavy (non-hydrogen) atoms. The van der Waals surface area contributed by atoms with Gasteiger partial charge in [0, 0.05) is 5.92 Å². The zero-order valence-electron chi connectivity index (χ0n) is 8.84. The molecule has 2 heteroatoms. The number of amidine groups is 1. The van der Waals surface area contributed by atoms with Crippen LogP contribution in [0.1, 0.15) is 46.0 Å². The van der Waals surface area contributed by atoms with Gasteiger partial charge in [-0.1, -0.05) is 13.8 Å². The van der Waals surface area contributed by atoms with Crippen LogP contribution < -0.4 is 5.73 Å². The van der Waals surface area contributed by atoms with Crippen molar-refractivity contribution in [2.75, 3.05) is 0 Å². The van der Waals surface area contributed by atoms with E-state index in [0.717, 1.165) is 24.7 Å². The average Bonchev–Trinajstić information content (AvgIpc) is 2.04. The van der Waals surface area contributed by atoms with Crippen LogP contribution in [0.5, 0.6) is 0 Å². The summed E-state index contributed by atoms with van der Waals surface area (Å²) in [6.45, 7) is 4.58. The molecule has 0 aromatic rings. The smallest absolute Gasteiger partial charge is 0.0936 e. The molecule has 3 N–H and O–H groups in total. The van der Waals surface area contributed by atoms with Gasteiger partial charge < -0.3 is 5.73 Å². The summed E-state index contributed by atoms with van der Waals surface area (Å²) >= 11 is 0. The Bertz CT molecular complexity index is 167. The standard InChI is InChI=1S/C11H22N2/c1-8(2)7-9-3-5-10(6-4-9)11(12)13/h8-10H,3-7H2,1-2H3,(H3,12,13). The highest BCUT2D eigenvalue weighted by Crippen LogP contribution is 2.32. The molecule has 0 radical (unpaired) electrons.